The van der Waals surface area contributed by atoms with Crippen molar-refractivity contribution in [2.24, 2.45) is 11.8 Å². The summed E-state index contributed by atoms with van der Waals surface area (Å²) < 4.78 is 0. The molecule has 1 saturated carbocycles. The van der Waals surface area contributed by atoms with Crippen LogP contribution < -0.4 is 10.6 Å². The second kappa shape index (κ2) is 6.39. The van der Waals surface area contributed by atoms with E-state index in [1.54, 1.807) is 24.3 Å². The number of hydrogen-bond acceptors (Lipinski definition) is 3. The second-order valence-electron chi connectivity index (χ2n) is 5.29. The minimum absolute atomic E-state index is 0.147. The van der Waals surface area contributed by atoms with Crippen molar-refractivity contribution >= 4 is 29.2 Å². The summed E-state index contributed by atoms with van der Waals surface area (Å²) in [6, 6.07) is 6.80. The first-order chi connectivity index (χ1) is 9.95. The Balaban J connectivity index is 1.91. The standard InChI is InChI=1S/C15H18N2O4/c1-9(18)16-12-4-6-13(7-5-12)17-14(19)10-2-3-11(8-10)15(20)21/h4-7,10-11H,2-3,8H2,1H3,(H,16,18)(H,17,19)(H,20,21)/t10-,11-/m1/s1. The first-order valence-corrected chi connectivity index (χ1v) is 6.87. The van der Waals surface area contributed by atoms with Crippen LogP contribution in [-0.2, 0) is 14.4 Å². The number of carbonyl (C=O) groups excluding carboxylic acids is 2. The van der Waals surface area contributed by atoms with E-state index in [4.69, 9.17) is 5.11 Å². The van der Waals surface area contributed by atoms with Crippen LogP contribution in [0.5, 0.6) is 0 Å². The van der Waals surface area contributed by atoms with Gasteiger partial charge in [0.15, 0.2) is 0 Å². The lowest BCUT2D eigenvalue weighted by Crippen LogP contribution is -2.21. The van der Waals surface area contributed by atoms with Gasteiger partial charge in [-0.25, -0.2) is 0 Å². The number of benzene rings is 1. The summed E-state index contributed by atoms with van der Waals surface area (Å²) in [6.45, 7) is 1.43. The highest BCUT2D eigenvalue weighted by Crippen LogP contribution is 2.32. The molecule has 112 valence electrons. The van der Waals surface area contributed by atoms with Crippen molar-refractivity contribution in [2.75, 3.05) is 10.6 Å². The molecule has 2 amide bonds. The zero-order valence-corrected chi connectivity index (χ0v) is 11.8. The molecule has 0 radical (unpaired) electrons. The number of rotatable bonds is 4. The number of carbonyl (C=O) groups is 3. The molecule has 6 nitrogen and oxygen atoms in total. The Morgan fingerprint density at radius 2 is 1.52 bits per heavy atom. The van der Waals surface area contributed by atoms with Crippen molar-refractivity contribution in [1.29, 1.82) is 0 Å². The highest BCUT2D eigenvalue weighted by molar-refractivity contribution is 5.94. The van der Waals surface area contributed by atoms with Gasteiger partial charge in [-0.3, -0.25) is 14.4 Å². The van der Waals surface area contributed by atoms with E-state index < -0.39 is 11.9 Å². The average Bonchev–Trinajstić information content (AvgIpc) is 2.90. The monoisotopic (exact) mass is 290 g/mol. The van der Waals surface area contributed by atoms with E-state index in [0.717, 1.165) is 0 Å². The van der Waals surface area contributed by atoms with Crippen molar-refractivity contribution in [3.05, 3.63) is 24.3 Å². The van der Waals surface area contributed by atoms with Crippen LogP contribution in [0.3, 0.4) is 0 Å². The molecule has 0 aliphatic heterocycles. The Kier molecular flexibility index (Phi) is 4.57. The van der Waals surface area contributed by atoms with E-state index in [2.05, 4.69) is 10.6 Å². The van der Waals surface area contributed by atoms with Crippen LogP contribution in [0.15, 0.2) is 24.3 Å². The predicted molar refractivity (Wildman–Crippen MR) is 77.8 cm³/mol. The molecule has 1 aromatic rings. The van der Waals surface area contributed by atoms with Gasteiger partial charge in [0.25, 0.3) is 0 Å². The van der Waals surface area contributed by atoms with Crippen molar-refractivity contribution in [2.45, 2.75) is 26.2 Å². The van der Waals surface area contributed by atoms with Crippen LogP contribution in [0.2, 0.25) is 0 Å². The summed E-state index contributed by atoms with van der Waals surface area (Å²) in [5.41, 5.74) is 1.29. The Morgan fingerprint density at radius 1 is 1.00 bits per heavy atom. The quantitative estimate of drug-likeness (QED) is 0.791. The summed E-state index contributed by atoms with van der Waals surface area (Å²) in [7, 11) is 0. The third kappa shape index (κ3) is 4.05. The second-order valence-corrected chi connectivity index (χ2v) is 5.29. The molecule has 21 heavy (non-hydrogen) atoms. The van der Waals surface area contributed by atoms with Gasteiger partial charge in [0.2, 0.25) is 11.8 Å². The van der Waals surface area contributed by atoms with Crippen LogP contribution in [0.25, 0.3) is 0 Å². The number of hydrogen-bond donors (Lipinski definition) is 3. The Bertz CT molecular complexity index is 553. The van der Waals surface area contributed by atoms with Crippen LogP contribution in [0.4, 0.5) is 11.4 Å². The molecule has 2 rings (SSSR count). The van der Waals surface area contributed by atoms with Crippen molar-refractivity contribution in [1.82, 2.24) is 0 Å². The summed E-state index contributed by atoms with van der Waals surface area (Å²) in [5.74, 6) is -1.79. The average molecular weight is 290 g/mol. The first-order valence-electron chi connectivity index (χ1n) is 6.87. The maximum Gasteiger partial charge on any atom is 0.306 e. The molecule has 1 fully saturated rings. The number of aliphatic carboxylic acids is 1. The number of anilines is 2. The lowest BCUT2D eigenvalue weighted by atomic mass is 10.0. The van der Waals surface area contributed by atoms with E-state index in [1.807, 2.05) is 0 Å². The molecular formula is C15H18N2O4. The fraction of sp³-hybridized carbons (Fsp3) is 0.400. The van der Waals surface area contributed by atoms with Crippen LogP contribution >= 0.6 is 0 Å². The zero-order valence-electron chi connectivity index (χ0n) is 11.8. The molecule has 0 saturated heterocycles. The molecule has 0 bridgehead atoms. The fourth-order valence-electron chi connectivity index (χ4n) is 2.53. The van der Waals surface area contributed by atoms with E-state index in [0.29, 0.717) is 30.6 Å². The summed E-state index contributed by atoms with van der Waals surface area (Å²) in [5, 5.41) is 14.4. The molecule has 0 heterocycles. The Morgan fingerprint density at radius 3 is 2.00 bits per heavy atom. The van der Waals surface area contributed by atoms with Gasteiger partial charge in [0.05, 0.1) is 5.92 Å². The SMILES string of the molecule is CC(=O)Nc1ccc(NC(=O)[C@@H]2CC[C@@H](C(=O)O)C2)cc1. The molecule has 6 heteroatoms. The molecule has 1 aliphatic carbocycles. The maximum atomic E-state index is 12.1. The number of carboxylic acids is 1. The Hall–Kier alpha value is -2.37. The third-order valence-electron chi connectivity index (χ3n) is 3.63. The maximum absolute atomic E-state index is 12.1. The van der Waals surface area contributed by atoms with E-state index in [9.17, 15) is 14.4 Å². The largest absolute Gasteiger partial charge is 0.481 e. The predicted octanol–water partition coefficient (Wildman–Crippen LogP) is 2.08. The molecule has 2 atom stereocenters. The Labute approximate surface area is 122 Å². The van der Waals surface area contributed by atoms with Gasteiger partial charge in [-0.2, -0.15) is 0 Å². The van der Waals surface area contributed by atoms with Gasteiger partial charge in [-0.15, -0.1) is 0 Å². The van der Waals surface area contributed by atoms with Crippen molar-refractivity contribution in [3.63, 3.8) is 0 Å². The number of carboxylic acid groups (broad SMARTS) is 1. The molecule has 0 aromatic heterocycles. The molecule has 1 aliphatic rings. The molecule has 3 N–H and O–H groups in total. The van der Waals surface area contributed by atoms with Gasteiger partial charge in [-0.1, -0.05) is 0 Å². The van der Waals surface area contributed by atoms with Crippen molar-refractivity contribution < 1.29 is 19.5 Å². The minimum Gasteiger partial charge on any atom is -0.481 e. The van der Waals surface area contributed by atoms with Crippen molar-refractivity contribution in [3.8, 4) is 0 Å². The highest BCUT2D eigenvalue weighted by atomic mass is 16.4. The topological polar surface area (TPSA) is 95.5 Å². The zero-order chi connectivity index (χ0) is 15.4. The van der Waals surface area contributed by atoms with Gasteiger partial charge in [0, 0.05) is 24.2 Å². The molecule has 1 aromatic carbocycles. The van der Waals surface area contributed by atoms with Gasteiger partial charge >= 0.3 is 5.97 Å². The first kappa shape index (κ1) is 15.0. The smallest absolute Gasteiger partial charge is 0.306 e. The molecular weight excluding hydrogens is 272 g/mol. The van der Waals surface area contributed by atoms with Crippen LogP contribution in [0, 0.1) is 11.8 Å². The van der Waals surface area contributed by atoms with E-state index in [-0.39, 0.29) is 17.7 Å². The summed E-state index contributed by atoms with van der Waals surface area (Å²) >= 11 is 0. The molecule has 0 unspecified atom stereocenters. The summed E-state index contributed by atoms with van der Waals surface area (Å²) in [4.78, 5) is 33.9. The lowest BCUT2D eigenvalue weighted by Gasteiger charge is -2.11. The summed E-state index contributed by atoms with van der Waals surface area (Å²) in [6.07, 6.45) is 1.55. The highest BCUT2D eigenvalue weighted by Gasteiger charge is 2.33. The lowest BCUT2D eigenvalue weighted by molar-refractivity contribution is -0.141. The molecule has 0 spiro atoms. The van der Waals surface area contributed by atoms with Crippen LogP contribution in [0.1, 0.15) is 26.2 Å². The minimum atomic E-state index is -0.829. The third-order valence-corrected chi connectivity index (χ3v) is 3.63. The van der Waals surface area contributed by atoms with Crippen LogP contribution in [-0.4, -0.2) is 22.9 Å². The van der Waals surface area contributed by atoms with E-state index >= 15 is 0 Å². The van der Waals surface area contributed by atoms with Gasteiger partial charge < -0.3 is 15.7 Å². The van der Waals surface area contributed by atoms with Gasteiger partial charge in [0.1, 0.15) is 0 Å². The fourth-order valence-corrected chi connectivity index (χ4v) is 2.53. The number of amides is 2. The normalized spacial score (nSPS) is 20.8. The van der Waals surface area contributed by atoms with E-state index in [1.165, 1.54) is 6.92 Å². The van der Waals surface area contributed by atoms with Gasteiger partial charge in [-0.05, 0) is 43.5 Å². The number of nitrogens with one attached hydrogen (secondary N) is 2.